The van der Waals surface area contributed by atoms with Crippen LogP contribution in [0, 0.1) is 0 Å². The summed E-state index contributed by atoms with van der Waals surface area (Å²) in [4.78, 5) is 24.9. The van der Waals surface area contributed by atoms with Crippen molar-refractivity contribution < 1.29 is 18.0 Å². The number of likely N-dealkylation sites (N-methyl/N-ethyl adjacent to an activating group) is 1. The third-order valence-corrected chi connectivity index (χ3v) is 6.61. The third-order valence-electron chi connectivity index (χ3n) is 3.56. The van der Waals surface area contributed by atoms with Gasteiger partial charge in [-0.2, -0.15) is 11.3 Å². The van der Waals surface area contributed by atoms with Crippen LogP contribution in [0.3, 0.4) is 0 Å². The molecule has 0 bridgehead atoms. The minimum Gasteiger partial charge on any atom is -0.324 e. The number of sulfonamides is 1. The Kier molecular flexibility index (Phi) is 3.91. The molecule has 0 fully saturated rings. The molecule has 1 aliphatic rings. The standard InChI is InChI=1S/C14H11ClN2O4S2/c1-17-14(19)12(8-6-22-7-11(8)23(17,20)21)13(18)16-10-5-3-2-4-9(10)15/h2-7,12H,1H3,(H,16,18). The fourth-order valence-corrected chi connectivity index (χ4v) is 5.08. The smallest absolute Gasteiger partial charge is 0.267 e. The maximum atomic E-state index is 12.5. The fourth-order valence-electron chi connectivity index (χ4n) is 2.32. The summed E-state index contributed by atoms with van der Waals surface area (Å²) >= 11 is 7.12. The SMILES string of the molecule is CN1C(=O)C(C(=O)Nc2ccccc2Cl)c2cscc2S1(=O)=O. The molecule has 1 aliphatic heterocycles. The van der Waals surface area contributed by atoms with E-state index in [1.807, 2.05) is 0 Å². The van der Waals surface area contributed by atoms with E-state index < -0.39 is 27.8 Å². The molecule has 6 nitrogen and oxygen atoms in total. The molecule has 1 atom stereocenters. The van der Waals surface area contributed by atoms with E-state index in [4.69, 9.17) is 11.6 Å². The summed E-state index contributed by atoms with van der Waals surface area (Å²) in [7, 11) is -2.74. The van der Waals surface area contributed by atoms with E-state index in [-0.39, 0.29) is 10.5 Å². The number of carbonyl (C=O) groups is 2. The number of nitrogens with zero attached hydrogens (tertiary/aromatic N) is 1. The first-order valence-corrected chi connectivity index (χ1v) is 9.24. The van der Waals surface area contributed by atoms with Crippen molar-refractivity contribution in [3.63, 3.8) is 0 Å². The third kappa shape index (κ3) is 2.52. The van der Waals surface area contributed by atoms with Crippen LogP contribution in [0.5, 0.6) is 0 Å². The van der Waals surface area contributed by atoms with Gasteiger partial charge in [0.2, 0.25) is 5.91 Å². The molecule has 9 heteroatoms. The highest BCUT2D eigenvalue weighted by molar-refractivity contribution is 7.90. The number of halogens is 1. The average molecular weight is 371 g/mol. The number of rotatable bonds is 2. The first kappa shape index (κ1) is 16.0. The average Bonchev–Trinajstić information content (AvgIpc) is 2.98. The Morgan fingerprint density at radius 1 is 1.30 bits per heavy atom. The number of nitrogens with one attached hydrogen (secondary N) is 1. The Balaban J connectivity index is 2.01. The van der Waals surface area contributed by atoms with Crippen LogP contribution in [0.15, 0.2) is 39.9 Å². The van der Waals surface area contributed by atoms with Crippen molar-refractivity contribution >= 4 is 50.5 Å². The maximum Gasteiger partial charge on any atom is 0.267 e. The summed E-state index contributed by atoms with van der Waals surface area (Å²) in [5.74, 6) is -2.63. The van der Waals surface area contributed by atoms with E-state index in [2.05, 4.69) is 5.32 Å². The van der Waals surface area contributed by atoms with Crippen LogP contribution in [-0.2, 0) is 19.6 Å². The second-order valence-corrected chi connectivity index (χ2v) is 7.99. The number of thiophene rings is 1. The lowest BCUT2D eigenvalue weighted by Crippen LogP contribution is -2.45. The Bertz CT molecular complexity index is 907. The highest BCUT2D eigenvalue weighted by atomic mass is 35.5. The van der Waals surface area contributed by atoms with Crippen molar-refractivity contribution in [1.82, 2.24) is 4.31 Å². The molecule has 1 aromatic heterocycles. The number of carbonyl (C=O) groups excluding carboxylic acids is 2. The van der Waals surface area contributed by atoms with Gasteiger partial charge < -0.3 is 5.32 Å². The molecule has 0 aliphatic carbocycles. The van der Waals surface area contributed by atoms with Gasteiger partial charge >= 0.3 is 0 Å². The van der Waals surface area contributed by atoms with Crippen molar-refractivity contribution in [2.45, 2.75) is 10.8 Å². The van der Waals surface area contributed by atoms with Gasteiger partial charge in [-0.05, 0) is 17.5 Å². The van der Waals surface area contributed by atoms with Gasteiger partial charge in [-0.25, -0.2) is 12.7 Å². The molecule has 0 saturated carbocycles. The van der Waals surface area contributed by atoms with Crippen LogP contribution in [0.4, 0.5) is 5.69 Å². The summed E-state index contributed by atoms with van der Waals surface area (Å²) < 4.78 is 25.0. The van der Waals surface area contributed by atoms with Crippen LogP contribution >= 0.6 is 22.9 Å². The molecule has 3 rings (SSSR count). The molecule has 120 valence electrons. The normalized spacial score (nSPS) is 19.3. The Hall–Kier alpha value is -1.90. The van der Waals surface area contributed by atoms with Gasteiger partial charge in [0.05, 0.1) is 10.7 Å². The lowest BCUT2D eigenvalue weighted by Gasteiger charge is -2.28. The lowest BCUT2D eigenvalue weighted by molar-refractivity contribution is -0.132. The predicted octanol–water partition coefficient (Wildman–Crippen LogP) is 2.28. The molecule has 0 radical (unpaired) electrons. The minimum atomic E-state index is -3.89. The molecular weight excluding hydrogens is 360 g/mol. The van der Waals surface area contributed by atoms with Gasteiger partial charge in [0, 0.05) is 18.0 Å². The topological polar surface area (TPSA) is 83.6 Å². The van der Waals surface area contributed by atoms with Crippen LogP contribution in [0.2, 0.25) is 5.02 Å². The van der Waals surface area contributed by atoms with E-state index >= 15 is 0 Å². The monoisotopic (exact) mass is 370 g/mol. The number of amides is 2. The number of hydrogen-bond donors (Lipinski definition) is 1. The van der Waals surface area contributed by atoms with E-state index in [9.17, 15) is 18.0 Å². The molecule has 2 heterocycles. The highest BCUT2D eigenvalue weighted by Crippen LogP contribution is 2.37. The number of hydrogen-bond acceptors (Lipinski definition) is 5. The van der Waals surface area contributed by atoms with Gasteiger partial charge in [0.25, 0.3) is 15.9 Å². The predicted molar refractivity (Wildman–Crippen MR) is 87.1 cm³/mol. The van der Waals surface area contributed by atoms with Crippen molar-refractivity contribution in [2.24, 2.45) is 0 Å². The lowest BCUT2D eigenvalue weighted by atomic mass is 10.00. The van der Waals surface area contributed by atoms with Crippen LogP contribution in [-0.4, -0.2) is 31.6 Å². The van der Waals surface area contributed by atoms with Gasteiger partial charge in [0.1, 0.15) is 10.8 Å². The number of anilines is 1. The highest BCUT2D eigenvalue weighted by Gasteiger charge is 2.45. The maximum absolute atomic E-state index is 12.5. The summed E-state index contributed by atoms with van der Waals surface area (Å²) in [6.45, 7) is 0. The van der Waals surface area contributed by atoms with Crippen molar-refractivity contribution in [3.8, 4) is 0 Å². The molecule has 1 unspecified atom stereocenters. The summed E-state index contributed by atoms with van der Waals surface area (Å²) in [6, 6.07) is 6.60. The van der Waals surface area contributed by atoms with Gasteiger partial charge in [0.15, 0.2) is 0 Å². The zero-order chi connectivity index (χ0) is 16.8. The van der Waals surface area contributed by atoms with E-state index in [0.717, 1.165) is 18.4 Å². The number of benzene rings is 1. The fraction of sp³-hybridized carbons (Fsp3) is 0.143. The Morgan fingerprint density at radius 2 is 2.00 bits per heavy atom. The molecule has 1 aromatic carbocycles. The number of para-hydroxylation sites is 1. The van der Waals surface area contributed by atoms with Crippen molar-refractivity contribution in [3.05, 3.63) is 45.6 Å². The largest absolute Gasteiger partial charge is 0.324 e. The molecule has 0 spiro atoms. The summed E-state index contributed by atoms with van der Waals surface area (Å²) in [5, 5.41) is 5.84. The van der Waals surface area contributed by atoms with Gasteiger partial charge in [-0.1, -0.05) is 23.7 Å². The van der Waals surface area contributed by atoms with Gasteiger partial charge in [-0.15, -0.1) is 0 Å². The zero-order valence-corrected chi connectivity index (χ0v) is 14.2. The van der Waals surface area contributed by atoms with Crippen LogP contribution in [0.25, 0.3) is 0 Å². The van der Waals surface area contributed by atoms with E-state index in [1.165, 1.54) is 10.8 Å². The summed E-state index contributed by atoms with van der Waals surface area (Å²) in [6.07, 6.45) is 0. The van der Waals surface area contributed by atoms with Crippen LogP contribution < -0.4 is 5.32 Å². The van der Waals surface area contributed by atoms with E-state index in [1.54, 1.807) is 24.3 Å². The first-order chi connectivity index (χ1) is 10.8. The van der Waals surface area contributed by atoms with Crippen molar-refractivity contribution in [1.29, 1.82) is 0 Å². The molecule has 2 amide bonds. The molecular formula is C14H11ClN2O4S2. The first-order valence-electron chi connectivity index (χ1n) is 6.48. The quantitative estimate of drug-likeness (QED) is 0.822. The molecule has 0 saturated heterocycles. The summed E-state index contributed by atoms with van der Waals surface area (Å²) in [5.41, 5.74) is 0.558. The second kappa shape index (κ2) is 5.63. The molecule has 1 N–H and O–H groups in total. The zero-order valence-electron chi connectivity index (χ0n) is 11.8. The molecule has 23 heavy (non-hydrogen) atoms. The molecule has 2 aromatic rings. The van der Waals surface area contributed by atoms with Gasteiger partial charge in [-0.3, -0.25) is 9.59 Å². The van der Waals surface area contributed by atoms with Crippen molar-refractivity contribution in [2.75, 3.05) is 12.4 Å². The Morgan fingerprint density at radius 3 is 2.70 bits per heavy atom. The van der Waals surface area contributed by atoms with E-state index in [0.29, 0.717) is 15.0 Å². The Labute approximate surface area is 141 Å². The van der Waals surface area contributed by atoms with Crippen LogP contribution in [0.1, 0.15) is 11.5 Å². The minimum absolute atomic E-state index is 0.0103. The second-order valence-electron chi connectivity index (χ2n) is 4.90. The number of fused-ring (bicyclic) bond motifs is 1.